The summed E-state index contributed by atoms with van der Waals surface area (Å²) in [6, 6.07) is 27.4. The number of Topliss-reactive ketones (excluding diaryl/α,β-unsaturated/α-hetero) is 1. The topological polar surface area (TPSA) is 109 Å². The smallest absolute Gasteiger partial charge is 0.335 e. The normalized spacial score (nSPS) is 13.5. The molecule has 0 saturated heterocycles. The predicted octanol–water partition coefficient (Wildman–Crippen LogP) is 8.33. The minimum Gasteiger partial charge on any atom is -0.478 e. The van der Waals surface area contributed by atoms with Crippen molar-refractivity contribution in [2.45, 2.75) is 52.5 Å². The summed E-state index contributed by atoms with van der Waals surface area (Å²) in [6.45, 7) is 4.68. The number of hydrogen-bond acceptors (Lipinski definition) is 5. The Bertz CT molecular complexity index is 1860. The van der Waals surface area contributed by atoms with E-state index in [2.05, 4.69) is 16.6 Å². The molecule has 0 spiro atoms. The van der Waals surface area contributed by atoms with Gasteiger partial charge in [-0.1, -0.05) is 91.5 Å². The number of oxime groups is 1. The molecule has 0 amide bonds. The van der Waals surface area contributed by atoms with Gasteiger partial charge in [-0.05, 0) is 62.1 Å². The maximum atomic E-state index is 13.9. The largest absolute Gasteiger partial charge is 0.478 e. The summed E-state index contributed by atoms with van der Waals surface area (Å²) in [7, 11) is 0. The summed E-state index contributed by atoms with van der Waals surface area (Å²) in [5.41, 5.74) is 4.75. The number of para-hydroxylation sites is 1. The molecule has 1 aliphatic rings. The third kappa shape index (κ3) is 6.18. The Morgan fingerprint density at radius 1 is 0.818 bits per heavy atom. The van der Waals surface area contributed by atoms with Crippen LogP contribution in [0, 0.1) is 12.8 Å². The second-order valence-corrected chi connectivity index (χ2v) is 11.2. The van der Waals surface area contributed by atoms with Crippen molar-refractivity contribution >= 4 is 45.1 Å². The number of nitrogens with zero attached hydrogens (tertiary/aromatic N) is 2. The minimum absolute atomic E-state index is 0.112. The Hall–Kier alpha value is -5.04. The van der Waals surface area contributed by atoms with E-state index in [0.717, 1.165) is 53.1 Å². The van der Waals surface area contributed by atoms with Gasteiger partial charge in [-0.2, -0.15) is 0 Å². The second-order valence-electron chi connectivity index (χ2n) is 11.2. The lowest BCUT2D eigenvalue weighted by Gasteiger charge is -2.13. The molecule has 1 aromatic heterocycles. The molecule has 1 saturated carbocycles. The quantitative estimate of drug-likeness (QED) is 0.0820. The number of carboxylic acid groups (broad SMARTS) is 1. The highest BCUT2D eigenvalue weighted by atomic mass is 16.4. The number of hydrogen-bond donors (Lipinski definition) is 2. The molecule has 0 aliphatic heterocycles. The van der Waals surface area contributed by atoms with Gasteiger partial charge in [0.1, 0.15) is 5.71 Å². The van der Waals surface area contributed by atoms with Gasteiger partial charge in [-0.3, -0.25) is 9.59 Å². The van der Waals surface area contributed by atoms with E-state index in [-0.39, 0.29) is 17.3 Å². The Kier molecular flexibility index (Phi) is 9.34. The lowest BCUT2D eigenvalue weighted by molar-refractivity contribution is 0.0696. The molecule has 44 heavy (non-hydrogen) atoms. The predicted molar refractivity (Wildman–Crippen MR) is 173 cm³/mol. The first-order valence-corrected chi connectivity index (χ1v) is 15.0. The summed E-state index contributed by atoms with van der Waals surface area (Å²) >= 11 is 0. The third-order valence-corrected chi connectivity index (χ3v) is 8.44. The number of fused-ring (bicyclic) bond motifs is 3. The molecule has 224 valence electrons. The molecule has 2 N–H and O–H groups in total. The molecule has 1 heterocycles. The first-order valence-electron chi connectivity index (χ1n) is 15.0. The average molecular weight is 589 g/mol. The van der Waals surface area contributed by atoms with E-state index in [1.807, 2.05) is 61.5 Å². The number of benzene rings is 4. The summed E-state index contributed by atoms with van der Waals surface area (Å²) in [6.07, 6.45) is 4.86. The monoisotopic (exact) mass is 588 g/mol. The molecule has 1 fully saturated rings. The zero-order valence-corrected chi connectivity index (χ0v) is 25.0. The molecule has 7 heteroatoms. The highest BCUT2D eigenvalue weighted by molar-refractivity contribution is 6.46. The first kappa shape index (κ1) is 30.4. The van der Waals surface area contributed by atoms with Gasteiger partial charge in [0.05, 0.1) is 11.1 Å². The van der Waals surface area contributed by atoms with Crippen molar-refractivity contribution in [1.29, 1.82) is 0 Å². The Balaban J connectivity index is 0.000000367. The number of carbonyl (C=O) groups is 3. The fourth-order valence-electron chi connectivity index (χ4n) is 6.21. The molecule has 6 rings (SSSR count). The van der Waals surface area contributed by atoms with Crippen molar-refractivity contribution in [2.75, 3.05) is 0 Å². The van der Waals surface area contributed by atoms with Crippen molar-refractivity contribution in [3.8, 4) is 0 Å². The summed E-state index contributed by atoms with van der Waals surface area (Å²) in [5, 5.41) is 23.4. The van der Waals surface area contributed by atoms with Crippen molar-refractivity contribution < 1.29 is 24.7 Å². The summed E-state index contributed by atoms with van der Waals surface area (Å²) in [5.74, 6) is -0.939. The summed E-state index contributed by atoms with van der Waals surface area (Å²) in [4.78, 5) is 37.7. The van der Waals surface area contributed by atoms with E-state index in [1.165, 1.54) is 0 Å². The SMILES string of the molecule is CCn1c2ccccc2c2cc(C(=O)C(CC3CCCC3)=NO)cc(C(=O)c3ccccc3C)c21.O=C(O)c1ccccc1. The van der Waals surface area contributed by atoms with E-state index in [4.69, 9.17) is 5.11 Å². The molecule has 0 unspecified atom stereocenters. The van der Waals surface area contributed by atoms with Crippen LogP contribution in [0.1, 0.15) is 81.2 Å². The number of aryl methyl sites for hydroxylation is 2. The number of ketones is 2. The van der Waals surface area contributed by atoms with E-state index in [1.54, 1.807) is 36.4 Å². The van der Waals surface area contributed by atoms with Gasteiger partial charge >= 0.3 is 5.97 Å². The van der Waals surface area contributed by atoms with Gasteiger partial charge in [-0.15, -0.1) is 0 Å². The number of aromatic nitrogens is 1. The summed E-state index contributed by atoms with van der Waals surface area (Å²) < 4.78 is 2.14. The lowest BCUT2D eigenvalue weighted by atomic mass is 9.91. The van der Waals surface area contributed by atoms with Gasteiger partial charge in [0.2, 0.25) is 5.78 Å². The Morgan fingerprint density at radius 3 is 2.11 bits per heavy atom. The number of rotatable bonds is 8. The zero-order valence-electron chi connectivity index (χ0n) is 25.0. The van der Waals surface area contributed by atoms with Crippen molar-refractivity contribution in [1.82, 2.24) is 4.57 Å². The van der Waals surface area contributed by atoms with Crippen LogP contribution in [0.15, 0.2) is 96.2 Å². The van der Waals surface area contributed by atoms with Gasteiger partial charge in [0, 0.05) is 39.5 Å². The third-order valence-electron chi connectivity index (χ3n) is 8.44. The van der Waals surface area contributed by atoms with Crippen LogP contribution >= 0.6 is 0 Å². The molecule has 0 radical (unpaired) electrons. The fraction of sp³-hybridized carbons (Fsp3) is 0.243. The standard InChI is InChI=1S/C30H30N2O3.C7H6O2/c1-3-32-27-15-9-8-14-23(27)24-17-21(29(33)26(31-35)16-20-11-5-6-12-20)18-25(28(24)32)30(34)22-13-7-4-10-19(22)2;8-7(9)6-4-2-1-3-5-6/h4,7-10,13-15,17-18,20,35H,3,5-6,11-12,16H2,1-2H3;1-5H,(H,8,9). The number of aromatic carboxylic acids is 1. The van der Waals surface area contributed by atoms with E-state index in [0.29, 0.717) is 41.1 Å². The molecule has 0 atom stereocenters. The molecule has 5 aromatic rings. The van der Waals surface area contributed by atoms with Crippen LogP contribution in [0.3, 0.4) is 0 Å². The van der Waals surface area contributed by atoms with Crippen LogP contribution in [0.2, 0.25) is 0 Å². The van der Waals surface area contributed by atoms with Gasteiger partial charge in [-0.25, -0.2) is 4.79 Å². The van der Waals surface area contributed by atoms with Crippen LogP contribution in [0.5, 0.6) is 0 Å². The van der Waals surface area contributed by atoms with Crippen LogP contribution < -0.4 is 0 Å². The van der Waals surface area contributed by atoms with Crippen LogP contribution in [0.25, 0.3) is 21.8 Å². The highest BCUT2D eigenvalue weighted by Crippen LogP contribution is 2.35. The maximum absolute atomic E-state index is 13.9. The van der Waals surface area contributed by atoms with Crippen LogP contribution in [0.4, 0.5) is 0 Å². The van der Waals surface area contributed by atoms with E-state index >= 15 is 0 Å². The first-order chi connectivity index (χ1) is 21.3. The van der Waals surface area contributed by atoms with Gasteiger partial charge in [0.15, 0.2) is 5.78 Å². The van der Waals surface area contributed by atoms with Crippen molar-refractivity contribution in [2.24, 2.45) is 11.1 Å². The Labute approximate surface area is 256 Å². The maximum Gasteiger partial charge on any atom is 0.335 e. The molecule has 1 aliphatic carbocycles. The number of carboxylic acids is 1. The highest BCUT2D eigenvalue weighted by Gasteiger charge is 2.26. The lowest BCUT2D eigenvalue weighted by Crippen LogP contribution is -2.19. The molecular weight excluding hydrogens is 552 g/mol. The van der Waals surface area contributed by atoms with E-state index < -0.39 is 5.97 Å². The van der Waals surface area contributed by atoms with Crippen LogP contribution in [-0.2, 0) is 6.54 Å². The van der Waals surface area contributed by atoms with Crippen molar-refractivity contribution in [3.05, 3.63) is 119 Å². The van der Waals surface area contributed by atoms with Gasteiger partial charge < -0.3 is 14.9 Å². The molecule has 0 bridgehead atoms. The minimum atomic E-state index is -0.879. The average Bonchev–Trinajstić information content (AvgIpc) is 3.69. The van der Waals surface area contributed by atoms with E-state index in [9.17, 15) is 19.6 Å². The fourth-order valence-corrected chi connectivity index (χ4v) is 6.21. The molecule has 4 aromatic carbocycles. The second kappa shape index (κ2) is 13.5. The zero-order chi connectivity index (χ0) is 31.2. The Morgan fingerprint density at radius 2 is 1.48 bits per heavy atom. The van der Waals surface area contributed by atoms with Crippen molar-refractivity contribution in [3.63, 3.8) is 0 Å². The molecule has 7 nitrogen and oxygen atoms in total. The number of carbonyl (C=O) groups excluding carboxylic acids is 2. The van der Waals surface area contributed by atoms with Crippen LogP contribution in [-0.4, -0.2) is 38.1 Å². The van der Waals surface area contributed by atoms with Gasteiger partial charge in [0.25, 0.3) is 0 Å². The molecular formula is C37H36N2O5.